The van der Waals surface area contributed by atoms with E-state index in [-0.39, 0.29) is 11.9 Å². The van der Waals surface area contributed by atoms with Gasteiger partial charge >= 0.3 is 5.97 Å². The molecule has 0 spiro atoms. The number of anilines is 4. The van der Waals surface area contributed by atoms with Gasteiger partial charge in [-0.2, -0.15) is 4.98 Å². The van der Waals surface area contributed by atoms with E-state index < -0.39 is 5.97 Å². The maximum absolute atomic E-state index is 13.2. The van der Waals surface area contributed by atoms with Crippen LogP contribution < -0.4 is 19.9 Å². The first-order valence-corrected chi connectivity index (χ1v) is 12.0. The van der Waals surface area contributed by atoms with E-state index in [4.69, 9.17) is 14.5 Å². The zero-order valence-corrected chi connectivity index (χ0v) is 20.3. The van der Waals surface area contributed by atoms with Gasteiger partial charge in [-0.05, 0) is 44.4 Å². The SMILES string of the molecule is CCC[C@@H]1C(=O)N(C)c2cnc(Nc3ccc(C(=O)OCC)cc3OC)nc2N1C1CCCC1. The molecule has 0 bridgehead atoms. The molecule has 2 heterocycles. The molecular formula is C25H33N5O4. The number of nitrogens with zero attached hydrogens (tertiary/aromatic N) is 4. The van der Waals surface area contributed by atoms with Crippen LogP contribution in [0.2, 0.25) is 0 Å². The maximum Gasteiger partial charge on any atom is 0.338 e. The standard InChI is InChI=1S/C25H33N5O4/c1-5-9-19-23(31)29(3)20-15-26-25(28-22(20)30(19)17-10-7-8-11-17)27-18-13-12-16(14-21(18)33-4)24(32)34-6-2/h12-15,17,19H,5-11H2,1-4H3,(H,26,27,28)/t19-/m1/s1. The van der Waals surface area contributed by atoms with Crippen molar-refractivity contribution in [3.8, 4) is 5.75 Å². The summed E-state index contributed by atoms with van der Waals surface area (Å²) >= 11 is 0. The van der Waals surface area contributed by atoms with Crippen LogP contribution in [0, 0.1) is 0 Å². The van der Waals surface area contributed by atoms with Crippen LogP contribution in [0.3, 0.4) is 0 Å². The van der Waals surface area contributed by atoms with Crippen molar-refractivity contribution in [1.82, 2.24) is 9.97 Å². The first kappa shape index (κ1) is 23.8. The lowest BCUT2D eigenvalue weighted by atomic mass is 10.0. The van der Waals surface area contributed by atoms with Crippen LogP contribution in [0.1, 0.15) is 62.7 Å². The van der Waals surface area contributed by atoms with E-state index in [0.717, 1.165) is 37.2 Å². The summed E-state index contributed by atoms with van der Waals surface area (Å²) in [4.78, 5) is 38.6. The second-order valence-corrected chi connectivity index (χ2v) is 8.71. The van der Waals surface area contributed by atoms with Crippen LogP contribution >= 0.6 is 0 Å². The van der Waals surface area contributed by atoms with Gasteiger partial charge in [-0.1, -0.05) is 26.2 Å². The fourth-order valence-electron chi connectivity index (χ4n) is 4.86. The summed E-state index contributed by atoms with van der Waals surface area (Å²) in [5.41, 5.74) is 1.76. The van der Waals surface area contributed by atoms with Crippen molar-refractivity contribution in [2.24, 2.45) is 0 Å². The third-order valence-electron chi connectivity index (χ3n) is 6.55. The van der Waals surface area contributed by atoms with Gasteiger partial charge in [-0.25, -0.2) is 9.78 Å². The van der Waals surface area contributed by atoms with Crippen molar-refractivity contribution >= 4 is 35.0 Å². The molecule has 2 aliphatic rings. The highest BCUT2D eigenvalue weighted by Gasteiger charge is 2.41. The van der Waals surface area contributed by atoms with Crippen LogP contribution in [0.15, 0.2) is 24.4 Å². The Bertz CT molecular complexity index is 1050. The second kappa shape index (κ2) is 10.3. The number of aromatic nitrogens is 2. The van der Waals surface area contributed by atoms with Crippen LogP contribution in [0.25, 0.3) is 0 Å². The molecule has 1 aliphatic carbocycles. The number of ether oxygens (including phenoxy) is 2. The van der Waals surface area contributed by atoms with E-state index in [1.165, 1.54) is 12.8 Å². The van der Waals surface area contributed by atoms with Crippen molar-refractivity contribution in [2.45, 2.75) is 64.5 Å². The predicted molar refractivity (Wildman–Crippen MR) is 131 cm³/mol. The predicted octanol–water partition coefficient (Wildman–Crippen LogP) is 4.30. The largest absolute Gasteiger partial charge is 0.495 e. The lowest BCUT2D eigenvalue weighted by Crippen LogP contribution is -2.55. The third-order valence-corrected chi connectivity index (χ3v) is 6.55. The van der Waals surface area contributed by atoms with Crippen LogP contribution in [-0.4, -0.2) is 54.7 Å². The molecule has 0 unspecified atom stereocenters. The Morgan fingerprint density at radius 3 is 2.68 bits per heavy atom. The molecule has 4 rings (SSSR count). The monoisotopic (exact) mass is 467 g/mol. The van der Waals surface area contributed by atoms with Crippen molar-refractivity contribution in [1.29, 1.82) is 0 Å². The first-order chi connectivity index (χ1) is 16.5. The van der Waals surface area contributed by atoms with E-state index >= 15 is 0 Å². The van der Waals surface area contributed by atoms with Gasteiger partial charge in [0.2, 0.25) is 11.9 Å². The van der Waals surface area contributed by atoms with Gasteiger partial charge in [0.25, 0.3) is 0 Å². The minimum absolute atomic E-state index is 0.0989. The highest BCUT2D eigenvalue weighted by atomic mass is 16.5. The number of likely N-dealkylation sites (N-methyl/N-ethyl adjacent to an activating group) is 1. The molecule has 1 saturated carbocycles. The molecule has 0 saturated heterocycles. The summed E-state index contributed by atoms with van der Waals surface area (Å²) in [5, 5.41) is 3.23. The van der Waals surface area contributed by atoms with Gasteiger partial charge in [0.15, 0.2) is 5.82 Å². The van der Waals surface area contributed by atoms with Crippen molar-refractivity contribution in [2.75, 3.05) is 35.9 Å². The van der Waals surface area contributed by atoms with Gasteiger partial charge < -0.3 is 24.6 Å². The molecule has 34 heavy (non-hydrogen) atoms. The van der Waals surface area contributed by atoms with E-state index in [0.29, 0.717) is 35.6 Å². The molecule has 1 aromatic heterocycles. The normalized spacial score (nSPS) is 18.1. The van der Waals surface area contributed by atoms with E-state index in [9.17, 15) is 9.59 Å². The molecule has 1 N–H and O–H groups in total. The Morgan fingerprint density at radius 1 is 1.24 bits per heavy atom. The lowest BCUT2D eigenvalue weighted by Gasteiger charge is -2.43. The Hall–Kier alpha value is -3.36. The highest BCUT2D eigenvalue weighted by molar-refractivity contribution is 6.04. The average molecular weight is 468 g/mol. The number of nitrogens with one attached hydrogen (secondary N) is 1. The molecule has 1 aliphatic heterocycles. The van der Waals surface area contributed by atoms with Gasteiger partial charge in [0.1, 0.15) is 17.5 Å². The topological polar surface area (TPSA) is 96.9 Å². The van der Waals surface area contributed by atoms with Crippen molar-refractivity contribution < 1.29 is 19.1 Å². The average Bonchev–Trinajstić information content (AvgIpc) is 3.37. The van der Waals surface area contributed by atoms with Crippen LogP contribution in [-0.2, 0) is 9.53 Å². The van der Waals surface area contributed by atoms with E-state index in [1.54, 1.807) is 50.4 Å². The summed E-state index contributed by atoms with van der Waals surface area (Å²) in [5.74, 6) is 1.37. The summed E-state index contributed by atoms with van der Waals surface area (Å²) in [6.45, 7) is 4.18. The van der Waals surface area contributed by atoms with Gasteiger partial charge in [0.05, 0.1) is 31.2 Å². The minimum Gasteiger partial charge on any atom is -0.495 e. The van der Waals surface area contributed by atoms with Gasteiger partial charge in [-0.3, -0.25) is 4.79 Å². The Balaban J connectivity index is 1.68. The number of esters is 1. The van der Waals surface area contributed by atoms with Crippen molar-refractivity contribution in [3.05, 3.63) is 30.0 Å². The van der Waals surface area contributed by atoms with Crippen molar-refractivity contribution in [3.63, 3.8) is 0 Å². The highest BCUT2D eigenvalue weighted by Crippen LogP contribution is 2.40. The fourth-order valence-corrected chi connectivity index (χ4v) is 4.86. The molecule has 9 nitrogen and oxygen atoms in total. The van der Waals surface area contributed by atoms with E-state index in [2.05, 4.69) is 22.1 Å². The zero-order valence-electron chi connectivity index (χ0n) is 20.3. The number of hydrogen-bond donors (Lipinski definition) is 1. The van der Waals surface area contributed by atoms with Crippen LogP contribution in [0.4, 0.5) is 23.1 Å². The Morgan fingerprint density at radius 2 is 2.00 bits per heavy atom. The summed E-state index contributed by atoms with van der Waals surface area (Å²) < 4.78 is 10.6. The number of methoxy groups -OCH3 is 1. The number of fused-ring (bicyclic) bond motifs is 1. The molecule has 1 amide bonds. The molecule has 182 valence electrons. The Labute approximate surface area is 200 Å². The molecule has 0 radical (unpaired) electrons. The van der Waals surface area contributed by atoms with Gasteiger partial charge in [0, 0.05) is 13.1 Å². The zero-order chi connectivity index (χ0) is 24.2. The van der Waals surface area contributed by atoms with Gasteiger partial charge in [-0.15, -0.1) is 0 Å². The lowest BCUT2D eigenvalue weighted by molar-refractivity contribution is -0.120. The number of carbonyl (C=O) groups excluding carboxylic acids is 2. The quantitative estimate of drug-likeness (QED) is 0.574. The second-order valence-electron chi connectivity index (χ2n) is 8.71. The van der Waals surface area contributed by atoms with E-state index in [1.807, 2.05) is 0 Å². The fraction of sp³-hybridized carbons (Fsp3) is 0.520. The first-order valence-electron chi connectivity index (χ1n) is 12.0. The summed E-state index contributed by atoms with van der Waals surface area (Å²) in [6, 6.07) is 5.14. The smallest absolute Gasteiger partial charge is 0.338 e. The molecule has 2 aromatic rings. The number of carbonyl (C=O) groups is 2. The number of rotatable bonds is 8. The maximum atomic E-state index is 13.2. The molecule has 1 atom stereocenters. The molecule has 9 heteroatoms. The third kappa shape index (κ3) is 4.51. The number of amides is 1. The number of hydrogen-bond acceptors (Lipinski definition) is 8. The summed E-state index contributed by atoms with van der Waals surface area (Å²) in [6.07, 6.45) is 7.86. The molecular weight excluding hydrogens is 434 g/mol. The Kier molecular flexibility index (Phi) is 7.19. The minimum atomic E-state index is -0.403. The van der Waals surface area contributed by atoms with Crippen LogP contribution in [0.5, 0.6) is 5.75 Å². The molecule has 1 fully saturated rings. The number of benzene rings is 1. The molecule has 1 aromatic carbocycles. The summed E-state index contributed by atoms with van der Waals surface area (Å²) in [7, 11) is 3.34.